The van der Waals surface area contributed by atoms with Crippen LogP contribution in [0.1, 0.15) is 27.7 Å². The molecule has 0 fully saturated rings. The maximum atomic E-state index is 6.04. The highest BCUT2D eigenvalue weighted by Crippen LogP contribution is 2.30. The van der Waals surface area contributed by atoms with Crippen LogP contribution in [0.25, 0.3) is 0 Å². The van der Waals surface area contributed by atoms with Crippen molar-refractivity contribution in [2.24, 2.45) is 11.3 Å². The van der Waals surface area contributed by atoms with E-state index in [2.05, 4.69) is 38.0 Å². The molecular weight excluding hydrogens is 257 g/mol. The summed E-state index contributed by atoms with van der Waals surface area (Å²) in [4.78, 5) is 4.14. The van der Waals surface area contributed by atoms with Crippen molar-refractivity contribution in [2.75, 3.05) is 17.6 Å². The molecule has 3 nitrogen and oxygen atoms in total. The highest BCUT2D eigenvalue weighted by atomic mass is 35.5. The second-order valence-corrected chi connectivity index (χ2v) is 6.00. The van der Waals surface area contributed by atoms with Gasteiger partial charge in [-0.3, -0.25) is 0 Å². The number of nitrogen functional groups attached to an aromatic ring is 1. The van der Waals surface area contributed by atoms with E-state index >= 15 is 0 Å². The molecular formula is C12H19Cl2N3. The molecule has 1 heterocycles. The lowest BCUT2D eigenvalue weighted by atomic mass is 9.81. The molecule has 0 aliphatic heterocycles. The SMILES string of the molecule is CC(C)C(C)(C)CNc1nc(N)c(Cl)cc1Cl. The molecule has 0 bridgehead atoms. The van der Waals surface area contributed by atoms with Crippen molar-refractivity contribution < 1.29 is 0 Å². The summed E-state index contributed by atoms with van der Waals surface area (Å²) in [5.74, 6) is 1.43. The van der Waals surface area contributed by atoms with Crippen molar-refractivity contribution in [3.05, 3.63) is 16.1 Å². The lowest BCUT2D eigenvalue weighted by Gasteiger charge is -2.29. The van der Waals surface area contributed by atoms with E-state index in [0.29, 0.717) is 27.6 Å². The van der Waals surface area contributed by atoms with Gasteiger partial charge < -0.3 is 11.1 Å². The number of aromatic nitrogens is 1. The minimum atomic E-state index is 0.152. The van der Waals surface area contributed by atoms with E-state index in [1.165, 1.54) is 0 Å². The van der Waals surface area contributed by atoms with Gasteiger partial charge in [0.1, 0.15) is 11.6 Å². The number of nitrogens with two attached hydrogens (primary N) is 1. The van der Waals surface area contributed by atoms with Crippen molar-refractivity contribution in [3.8, 4) is 0 Å². The van der Waals surface area contributed by atoms with Crippen LogP contribution < -0.4 is 11.1 Å². The van der Waals surface area contributed by atoms with E-state index in [1.807, 2.05) is 0 Å². The summed E-state index contributed by atoms with van der Waals surface area (Å²) >= 11 is 11.9. The standard InChI is InChI=1S/C12H19Cl2N3/c1-7(2)12(3,4)6-16-11-9(14)5-8(13)10(15)17-11/h5,7H,6H2,1-4H3,(H3,15,16,17). The Morgan fingerprint density at radius 2 is 1.94 bits per heavy atom. The number of nitrogens with one attached hydrogen (secondary N) is 1. The quantitative estimate of drug-likeness (QED) is 0.871. The van der Waals surface area contributed by atoms with Gasteiger partial charge >= 0.3 is 0 Å². The molecule has 5 heteroatoms. The van der Waals surface area contributed by atoms with E-state index in [-0.39, 0.29) is 5.41 Å². The lowest BCUT2D eigenvalue weighted by Crippen LogP contribution is -2.28. The molecule has 1 aromatic rings. The molecule has 3 N–H and O–H groups in total. The van der Waals surface area contributed by atoms with Gasteiger partial charge in [-0.2, -0.15) is 0 Å². The summed E-state index contributed by atoms with van der Waals surface area (Å²) in [6.07, 6.45) is 0. The van der Waals surface area contributed by atoms with Gasteiger partial charge in [-0.15, -0.1) is 0 Å². The number of rotatable bonds is 4. The van der Waals surface area contributed by atoms with Crippen molar-refractivity contribution in [1.29, 1.82) is 0 Å². The molecule has 0 aliphatic carbocycles. The Morgan fingerprint density at radius 3 is 2.47 bits per heavy atom. The third-order valence-electron chi connectivity index (χ3n) is 3.23. The minimum absolute atomic E-state index is 0.152. The Balaban J connectivity index is 2.80. The summed E-state index contributed by atoms with van der Waals surface area (Å²) in [6.45, 7) is 9.54. The molecule has 0 saturated carbocycles. The van der Waals surface area contributed by atoms with Crippen LogP contribution in [0.2, 0.25) is 10.0 Å². The molecule has 0 radical (unpaired) electrons. The van der Waals surface area contributed by atoms with Gasteiger partial charge in [0.2, 0.25) is 0 Å². The number of halogens is 2. The van der Waals surface area contributed by atoms with Crippen molar-refractivity contribution in [3.63, 3.8) is 0 Å². The second kappa shape index (κ2) is 5.32. The molecule has 1 aromatic heterocycles. The average Bonchev–Trinajstić information content (AvgIpc) is 2.21. The normalized spacial score (nSPS) is 11.9. The summed E-state index contributed by atoms with van der Waals surface area (Å²) in [5.41, 5.74) is 5.80. The number of nitrogens with zero attached hydrogens (tertiary/aromatic N) is 1. The molecule has 0 unspecified atom stereocenters. The summed E-state index contributed by atoms with van der Waals surface area (Å²) in [7, 11) is 0. The Bertz CT molecular complexity index is 403. The first-order valence-electron chi connectivity index (χ1n) is 5.59. The van der Waals surface area contributed by atoms with E-state index in [9.17, 15) is 0 Å². The number of pyridine rings is 1. The molecule has 0 aliphatic rings. The Morgan fingerprint density at radius 1 is 1.35 bits per heavy atom. The zero-order chi connectivity index (χ0) is 13.2. The second-order valence-electron chi connectivity index (χ2n) is 5.18. The maximum absolute atomic E-state index is 6.04. The van der Waals surface area contributed by atoms with Crippen LogP contribution in [0.3, 0.4) is 0 Å². The van der Waals surface area contributed by atoms with Crippen LogP contribution in [0.15, 0.2) is 6.07 Å². The van der Waals surface area contributed by atoms with E-state index < -0.39 is 0 Å². The zero-order valence-electron chi connectivity index (χ0n) is 10.6. The monoisotopic (exact) mass is 275 g/mol. The van der Waals surface area contributed by atoms with Gasteiger partial charge in [-0.05, 0) is 17.4 Å². The molecule has 0 saturated heterocycles. The summed E-state index contributed by atoms with van der Waals surface area (Å²) < 4.78 is 0. The largest absolute Gasteiger partial charge is 0.382 e. The third kappa shape index (κ3) is 3.65. The Hall–Kier alpha value is -0.670. The molecule has 0 aromatic carbocycles. The van der Waals surface area contributed by atoms with Crippen LogP contribution in [-0.2, 0) is 0 Å². The minimum Gasteiger partial charge on any atom is -0.382 e. The fourth-order valence-electron chi connectivity index (χ4n) is 1.12. The molecule has 96 valence electrons. The first-order chi connectivity index (χ1) is 7.74. The molecule has 0 atom stereocenters. The van der Waals surface area contributed by atoms with Crippen LogP contribution >= 0.6 is 23.2 Å². The topological polar surface area (TPSA) is 50.9 Å². The number of anilines is 2. The van der Waals surface area contributed by atoms with E-state index in [0.717, 1.165) is 6.54 Å². The van der Waals surface area contributed by atoms with Crippen LogP contribution in [0.5, 0.6) is 0 Å². The number of hydrogen-bond donors (Lipinski definition) is 2. The molecule has 0 spiro atoms. The molecule has 1 rings (SSSR count). The van der Waals surface area contributed by atoms with Crippen LogP contribution in [0.4, 0.5) is 11.6 Å². The van der Waals surface area contributed by atoms with Crippen LogP contribution in [0, 0.1) is 11.3 Å². The first kappa shape index (κ1) is 14.4. The van der Waals surface area contributed by atoms with E-state index in [1.54, 1.807) is 6.07 Å². The Kier molecular flexibility index (Phi) is 4.50. The van der Waals surface area contributed by atoms with Gasteiger partial charge in [0.15, 0.2) is 0 Å². The first-order valence-corrected chi connectivity index (χ1v) is 6.35. The third-order valence-corrected chi connectivity index (χ3v) is 3.82. The van der Waals surface area contributed by atoms with Gasteiger partial charge in [0.25, 0.3) is 0 Å². The predicted octanol–water partition coefficient (Wildman–Crippen LogP) is 4.06. The van der Waals surface area contributed by atoms with Crippen molar-refractivity contribution in [1.82, 2.24) is 4.98 Å². The highest BCUT2D eigenvalue weighted by Gasteiger charge is 2.22. The van der Waals surface area contributed by atoms with Gasteiger partial charge in [0, 0.05) is 6.54 Å². The summed E-state index contributed by atoms with van der Waals surface area (Å²) in [5, 5.41) is 4.09. The zero-order valence-corrected chi connectivity index (χ0v) is 12.2. The molecule has 0 amide bonds. The highest BCUT2D eigenvalue weighted by molar-refractivity contribution is 6.37. The smallest absolute Gasteiger partial charge is 0.147 e. The van der Waals surface area contributed by atoms with Gasteiger partial charge in [0.05, 0.1) is 10.0 Å². The fourth-order valence-corrected chi connectivity index (χ4v) is 1.55. The average molecular weight is 276 g/mol. The van der Waals surface area contributed by atoms with Gasteiger partial charge in [-0.1, -0.05) is 50.9 Å². The number of hydrogen-bond acceptors (Lipinski definition) is 3. The van der Waals surface area contributed by atoms with Gasteiger partial charge in [-0.25, -0.2) is 4.98 Å². The Labute approximate surface area is 113 Å². The van der Waals surface area contributed by atoms with Crippen molar-refractivity contribution in [2.45, 2.75) is 27.7 Å². The lowest BCUT2D eigenvalue weighted by molar-refractivity contribution is 0.269. The fraction of sp³-hybridized carbons (Fsp3) is 0.583. The van der Waals surface area contributed by atoms with Crippen LogP contribution in [-0.4, -0.2) is 11.5 Å². The summed E-state index contributed by atoms with van der Waals surface area (Å²) in [6, 6.07) is 1.61. The van der Waals surface area contributed by atoms with Crippen molar-refractivity contribution >= 4 is 34.8 Å². The predicted molar refractivity (Wildman–Crippen MR) is 75.8 cm³/mol. The maximum Gasteiger partial charge on any atom is 0.147 e. The van der Waals surface area contributed by atoms with E-state index in [4.69, 9.17) is 28.9 Å². The molecule has 17 heavy (non-hydrogen) atoms.